The van der Waals surface area contributed by atoms with Gasteiger partial charge in [0.1, 0.15) is 0 Å². The summed E-state index contributed by atoms with van der Waals surface area (Å²) in [5.41, 5.74) is 1.02. The lowest BCUT2D eigenvalue weighted by atomic mass is 9.97. The van der Waals surface area contributed by atoms with Crippen LogP contribution >= 0.6 is 11.6 Å². The first-order valence-electron chi connectivity index (χ1n) is 7.95. The second kappa shape index (κ2) is 7.13. The first-order chi connectivity index (χ1) is 11.1. The van der Waals surface area contributed by atoms with Crippen molar-refractivity contribution in [3.63, 3.8) is 0 Å². The van der Waals surface area contributed by atoms with Gasteiger partial charge in [0.15, 0.2) is 5.82 Å². The zero-order valence-electron chi connectivity index (χ0n) is 13.2. The Morgan fingerprint density at radius 2 is 2.26 bits per heavy atom. The summed E-state index contributed by atoms with van der Waals surface area (Å²) >= 11 is 6.15. The van der Waals surface area contributed by atoms with Crippen molar-refractivity contribution in [2.24, 2.45) is 0 Å². The standard InChI is InChI=1S/C17H20ClN3O2/c1-12-19-17(23-20-12)14-6-4-10-21(11-14)16(22)9-8-13-5-2-3-7-15(13)18/h2-3,5,7,14H,4,6,8-11H2,1H3. The summed E-state index contributed by atoms with van der Waals surface area (Å²) in [4.78, 5) is 18.7. The minimum atomic E-state index is 0.147. The molecule has 1 fully saturated rings. The minimum absolute atomic E-state index is 0.147. The third kappa shape index (κ3) is 3.91. The van der Waals surface area contributed by atoms with Crippen LogP contribution < -0.4 is 0 Å². The molecule has 0 spiro atoms. The summed E-state index contributed by atoms with van der Waals surface area (Å²) in [5, 5.41) is 4.56. The first kappa shape index (κ1) is 16.0. The number of piperidine rings is 1. The number of hydrogen-bond acceptors (Lipinski definition) is 4. The monoisotopic (exact) mass is 333 g/mol. The van der Waals surface area contributed by atoms with E-state index in [1.54, 1.807) is 0 Å². The van der Waals surface area contributed by atoms with Gasteiger partial charge in [-0.3, -0.25) is 4.79 Å². The Balaban J connectivity index is 1.58. The quantitative estimate of drug-likeness (QED) is 0.860. The van der Waals surface area contributed by atoms with Crippen LogP contribution in [0.4, 0.5) is 0 Å². The van der Waals surface area contributed by atoms with Gasteiger partial charge in [-0.2, -0.15) is 4.98 Å². The van der Waals surface area contributed by atoms with Gasteiger partial charge in [-0.1, -0.05) is 35.0 Å². The van der Waals surface area contributed by atoms with Crippen LogP contribution in [0.25, 0.3) is 0 Å². The Hall–Kier alpha value is -1.88. The van der Waals surface area contributed by atoms with Crippen molar-refractivity contribution in [2.45, 2.75) is 38.5 Å². The molecule has 1 aliphatic heterocycles. The molecular formula is C17H20ClN3O2. The predicted octanol–water partition coefficient (Wildman–Crippen LogP) is 3.37. The van der Waals surface area contributed by atoms with E-state index in [1.165, 1.54) is 0 Å². The van der Waals surface area contributed by atoms with Crippen molar-refractivity contribution in [1.29, 1.82) is 0 Å². The number of halogens is 1. The Morgan fingerprint density at radius 3 is 3.00 bits per heavy atom. The third-order valence-corrected chi connectivity index (χ3v) is 4.60. The molecule has 3 rings (SSSR count). The van der Waals surface area contributed by atoms with E-state index in [-0.39, 0.29) is 11.8 Å². The van der Waals surface area contributed by atoms with Gasteiger partial charge in [-0.15, -0.1) is 0 Å². The Kier molecular flexibility index (Phi) is 4.96. The van der Waals surface area contributed by atoms with Gasteiger partial charge >= 0.3 is 0 Å². The van der Waals surface area contributed by atoms with Crippen LogP contribution in [0.3, 0.4) is 0 Å². The number of hydrogen-bond donors (Lipinski definition) is 0. The highest BCUT2D eigenvalue weighted by Crippen LogP contribution is 2.26. The number of likely N-dealkylation sites (tertiary alicyclic amines) is 1. The summed E-state index contributed by atoms with van der Waals surface area (Å²) in [6.45, 7) is 3.26. The molecule has 23 heavy (non-hydrogen) atoms. The van der Waals surface area contributed by atoms with Gasteiger partial charge in [0.25, 0.3) is 0 Å². The number of rotatable bonds is 4. The maximum absolute atomic E-state index is 12.5. The molecule has 1 amide bonds. The molecule has 1 atom stereocenters. The van der Waals surface area contributed by atoms with Crippen LogP contribution in [0.2, 0.25) is 5.02 Å². The SMILES string of the molecule is Cc1noc(C2CCCN(C(=O)CCc3ccccc3Cl)C2)n1. The molecule has 1 saturated heterocycles. The normalized spacial score (nSPS) is 18.2. The van der Waals surface area contributed by atoms with Crippen molar-refractivity contribution in [3.05, 3.63) is 46.6 Å². The van der Waals surface area contributed by atoms with Crippen molar-refractivity contribution in [1.82, 2.24) is 15.0 Å². The fourth-order valence-corrected chi connectivity index (χ4v) is 3.22. The molecule has 0 aliphatic carbocycles. The van der Waals surface area contributed by atoms with E-state index in [0.29, 0.717) is 31.1 Å². The lowest BCUT2D eigenvalue weighted by Crippen LogP contribution is -2.39. The van der Waals surface area contributed by atoms with Gasteiger partial charge in [0.05, 0.1) is 5.92 Å². The molecule has 2 aromatic rings. The molecule has 0 bridgehead atoms. The van der Waals surface area contributed by atoms with Crippen LogP contribution in [-0.4, -0.2) is 34.0 Å². The Bertz CT molecular complexity index is 686. The van der Waals surface area contributed by atoms with E-state index in [1.807, 2.05) is 36.1 Å². The van der Waals surface area contributed by atoms with Gasteiger partial charge in [-0.05, 0) is 37.8 Å². The molecule has 0 radical (unpaired) electrons. The predicted molar refractivity (Wildman–Crippen MR) is 87.4 cm³/mol. The Morgan fingerprint density at radius 1 is 1.43 bits per heavy atom. The largest absolute Gasteiger partial charge is 0.342 e. The van der Waals surface area contributed by atoms with Crippen molar-refractivity contribution in [3.8, 4) is 0 Å². The van der Waals surface area contributed by atoms with Crippen molar-refractivity contribution in [2.75, 3.05) is 13.1 Å². The number of carbonyl (C=O) groups is 1. The van der Waals surface area contributed by atoms with Crippen LogP contribution in [0.5, 0.6) is 0 Å². The highest BCUT2D eigenvalue weighted by atomic mass is 35.5. The molecule has 0 N–H and O–H groups in total. The summed E-state index contributed by atoms with van der Waals surface area (Å²) in [6.07, 6.45) is 3.08. The fourth-order valence-electron chi connectivity index (χ4n) is 2.99. The summed E-state index contributed by atoms with van der Waals surface area (Å²) in [7, 11) is 0. The van der Waals surface area contributed by atoms with E-state index in [4.69, 9.17) is 16.1 Å². The Labute approximate surface area is 140 Å². The zero-order chi connectivity index (χ0) is 16.2. The number of amides is 1. The summed E-state index contributed by atoms with van der Waals surface area (Å²) in [6, 6.07) is 7.67. The molecule has 2 heterocycles. The van der Waals surface area contributed by atoms with E-state index in [2.05, 4.69) is 10.1 Å². The number of aromatic nitrogens is 2. The number of carbonyl (C=O) groups excluding carboxylic acids is 1. The average molecular weight is 334 g/mol. The summed E-state index contributed by atoms with van der Waals surface area (Å²) < 4.78 is 5.26. The van der Waals surface area contributed by atoms with Gasteiger partial charge in [0.2, 0.25) is 11.8 Å². The molecule has 1 aromatic carbocycles. The molecule has 1 aromatic heterocycles. The van der Waals surface area contributed by atoms with E-state index in [0.717, 1.165) is 30.0 Å². The number of nitrogens with zero attached hydrogens (tertiary/aromatic N) is 3. The topological polar surface area (TPSA) is 59.2 Å². The van der Waals surface area contributed by atoms with Gasteiger partial charge in [-0.25, -0.2) is 0 Å². The second-order valence-electron chi connectivity index (χ2n) is 5.95. The molecule has 1 unspecified atom stereocenters. The first-order valence-corrected chi connectivity index (χ1v) is 8.32. The van der Waals surface area contributed by atoms with E-state index in [9.17, 15) is 4.79 Å². The fraction of sp³-hybridized carbons (Fsp3) is 0.471. The molecular weight excluding hydrogens is 314 g/mol. The maximum atomic E-state index is 12.5. The molecule has 6 heteroatoms. The average Bonchev–Trinajstić information content (AvgIpc) is 3.00. The van der Waals surface area contributed by atoms with E-state index >= 15 is 0 Å². The van der Waals surface area contributed by atoms with Gasteiger partial charge < -0.3 is 9.42 Å². The van der Waals surface area contributed by atoms with Crippen LogP contribution in [0.15, 0.2) is 28.8 Å². The smallest absolute Gasteiger partial charge is 0.231 e. The highest BCUT2D eigenvalue weighted by Gasteiger charge is 2.28. The van der Waals surface area contributed by atoms with Crippen molar-refractivity contribution < 1.29 is 9.32 Å². The molecule has 1 aliphatic rings. The second-order valence-corrected chi connectivity index (χ2v) is 6.36. The number of aryl methyl sites for hydroxylation is 2. The lowest BCUT2D eigenvalue weighted by Gasteiger charge is -2.31. The third-order valence-electron chi connectivity index (χ3n) is 4.23. The molecule has 0 saturated carbocycles. The highest BCUT2D eigenvalue weighted by molar-refractivity contribution is 6.31. The molecule has 5 nitrogen and oxygen atoms in total. The zero-order valence-corrected chi connectivity index (χ0v) is 13.9. The van der Waals surface area contributed by atoms with Crippen LogP contribution in [0.1, 0.15) is 42.5 Å². The van der Waals surface area contributed by atoms with Crippen LogP contribution in [-0.2, 0) is 11.2 Å². The van der Waals surface area contributed by atoms with Gasteiger partial charge in [0, 0.05) is 24.5 Å². The van der Waals surface area contributed by atoms with Crippen LogP contribution in [0, 0.1) is 6.92 Å². The minimum Gasteiger partial charge on any atom is -0.342 e. The summed E-state index contributed by atoms with van der Waals surface area (Å²) in [5.74, 6) is 1.59. The maximum Gasteiger partial charge on any atom is 0.231 e. The molecule has 122 valence electrons. The lowest BCUT2D eigenvalue weighted by molar-refractivity contribution is -0.132. The number of benzene rings is 1. The van der Waals surface area contributed by atoms with Crippen molar-refractivity contribution >= 4 is 17.5 Å². The van der Waals surface area contributed by atoms with E-state index < -0.39 is 0 Å².